The topological polar surface area (TPSA) is 49.3 Å². The summed E-state index contributed by atoms with van der Waals surface area (Å²) in [4.78, 5) is 25.4. The molecule has 0 N–H and O–H groups in total. The number of fused-ring (bicyclic) bond motifs is 1. The van der Waals surface area contributed by atoms with Crippen molar-refractivity contribution in [1.29, 1.82) is 0 Å². The molecule has 0 unspecified atom stereocenters. The predicted molar refractivity (Wildman–Crippen MR) is 88.9 cm³/mol. The van der Waals surface area contributed by atoms with E-state index in [1.807, 2.05) is 11.0 Å². The van der Waals surface area contributed by atoms with E-state index < -0.39 is 0 Å². The van der Waals surface area contributed by atoms with Gasteiger partial charge >= 0.3 is 0 Å². The lowest BCUT2D eigenvalue weighted by Gasteiger charge is -2.26. The molecule has 1 amide bonds. The SMILES string of the molecule is O=C(c1cnc(N2CCc3ccccc32)cn1)N1CCCCC1. The number of piperidine rings is 1. The van der Waals surface area contributed by atoms with Crippen LogP contribution in [0.25, 0.3) is 0 Å². The van der Waals surface area contributed by atoms with Crippen LogP contribution in [0.1, 0.15) is 35.3 Å². The largest absolute Gasteiger partial charge is 0.337 e. The normalized spacial score (nSPS) is 17.2. The van der Waals surface area contributed by atoms with E-state index in [0.717, 1.165) is 44.7 Å². The summed E-state index contributed by atoms with van der Waals surface area (Å²) in [5.74, 6) is 0.815. The Morgan fingerprint density at radius 3 is 2.57 bits per heavy atom. The molecule has 1 fully saturated rings. The summed E-state index contributed by atoms with van der Waals surface area (Å²) in [7, 11) is 0. The molecule has 0 aliphatic carbocycles. The van der Waals surface area contributed by atoms with E-state index in [-0.39, 0.29) is 5.91 Å². The number of nitrogens with zero attached hydrogens (tertiary/aromatic N) is 4. The van der Waals surface area contributed by atoms with Crippen molar-refractivity contribution in [3.63, 3.8) is 0 Å². The highest BCUT2D eigenvalue weighted by Crippen LogP contribution is 2.32. The molecule has 0 atom stereocenters. The highest BCUT2D eigenvalue weighted by Gasteiger charge is 2.23. The highest BCUT2D eigenvalue weighted by atomic mass is 16.2. The van der Waals surface area contributed by atoms with E-state index >= 15 is 0 Å². The average molecular weight is 308 g/mol. The Bertz CT molecular complexity index is 707. The van der Waals surface area contributed by atoms with Crippen LogP contribution in [0.3, 0.4) is 0 Å². The minimum absolute atomic E-state index is 0.00516. The standard InChI is InChI=1S/C18H20N4O/c23-18(21-9-4-1-5-10-21)15-12-20-17(13-19-15)22-11-8-14-6-2-3-7-16(14)22/h2-3,6-7,12-13H,1,4-5,8-11H2. The Morgan fingerprint density at radius 2 is 1.78 bits per heavy atom. The van der Waals surface area contributed by atoms with Crippen molar-refractivity contribution in [3.05, 3.63) is 47.9 Å². The van der Waals surface area contributed by atoms with E-state index in [1.165, 1.54) is 17.7 Å². The number of likely N-dealkylation sites (tertiary alicyclic amines) is 1. The van der Waals surface area contributed by atoms with Gasteiger partial charge in [0.1, 0.15) is 5.69 Å². The fraction of sp³-hybridized carbons (Fsp3) is 0.389. The van der Waals surface area contributed by atoms with Crippen molar-refractivity contribution in [2.24, 2.45) is 0 Å². The van der Waals surface area contributed by atoms with Crippen molar-refractivity contribution in [2.45, 2.75) is 25.7 Å². The summed E-state index contributed by atoms with van der Waals surface area (Å²) >= 11 is 0. The van der Waals surface area contributed by atoms with Gasteiger partial charge in [0.25, 0.3) is 5.91 Å². The Labute approximate surface area is 136 Å². The highest BCUT2D eigenvalue weighted by molar-refractivity contribution is 5.92. The maximum Gasteiger partial charge on any atom is 0.274 e. The van der Waals surface area contributed by atoms with Gasteiger partial charge in [-0.25, -0.2) is 9.97 Å². The van der Waals surface area contributed by atoms with Crippen molar-refractivity contribution < 1.29 is 4.79 Å². The third-order valence-corrected chi connectivity index (χ3v) is 4.66. The van der Waals surface area contributed by atoms with Crippen molar-refractivity contribution in [2.75, 3.05) is 24.5 Å². The van der Waals surface area contributed by atoms with E-state index in [2.05, 4.69) is 33.1 Å². The van der Waals surface area contributed by atoms with Gasteiger partial charge in [0, 0.05) is 25.3 Å². The fourth-order valence-electron chi connectivity index (χ4n) is 3.41. The molecule has 5 nitrogen and oxygen atoms in total. The molecule has 1 aromatic heterocycles. The first-order chi connectivity index (χ1) is 11.3. The number of hydrogen-bond donors (Lipinski definition) is 0. The molecule has 1 aromatic carbocycles. The first-order valence-electron chi connectivity index (χ1n) is 8.30. The van der Waals surface area contributed by atoms with E-state index in [4.69, 9.17) is 0 Å². The maximum atomic E-state index is 12.4. The second-order valence-corrected chi connectivity index (χ2v) is 6.14. The van der Waals surface area contributed by atoms with Crippen LogP contribution in [0.4, 0.5) is 11.5 Å². The van der Waals surface area contributed by atoms with Crippen molar-refractivity contribution in [3.8, 4) is 0 Å². The number of hydrogen-bond acceptors (Lipinski definition) is 4. The summed E-state index contributed by atoms with van der Waals surface area (Å²) in [6.45, 7) is 2.58. The third kappa shape index (κ3) is 2.67. The van der Waals surface area contributed by atoms with Crippen LogP contribution < -0.4 is 4.90 Å². The molecule has 23 heavy (non-hydrogen) atoms. The summed E-state index contributed by atoms with van der Waals surface area (Å²) in [5, 5.41) is 0. The predicted octanol–water partition coefficient (Wildman–Crippen LogP) is 2.80. The molecule has 3 heterocycles. The van der Waals surface area contributed by atoms with Crippen LogP contribution in [0.2, 0.25) is 0 Å². The number of benzene rings is 1. The molecule has 2 aromatic rings. The monoisotopic (exact) mass is 308 g/mol. The molecular formula is C18H20N4O. The van der Waals surface area contributed by atoms with Gasteiger partial charge in [-0.05, 0) is 37.3 Å². The van der Waals surface area contributed by atoms with Crippen LogP contribution in [0.15, 0.2) is 36.7 Å². The van der Waals surface area contributed by atoms with E-state index in [0.29, 0.717) is 5.69 Å². The summed E-state index contributed by atoms with van der Waals surface area (Å²) < 4.78 is 0. The summed E-state index contributed by atoms with van der Waals surface area (Å²) in [6.07, 6.45) is 7.74. The number of aromatic nitrogens is 2. The minimum Gasteiger partial charge on any atom is -0.337 e. The first-order valence-corrected chi connectivity index (χ1v) is 8.30. The van der Waals surface area contributed by atoms with Crippen LogP contribution in [-0.4, -0.2) is 40.4 Å². The van der Waals surface area contributed by atoms with Crippen LogP contribution in [0.5, 0.6) is 0 Å². The van der Waals surface area contributed by atoms with E-state index in [9.17, 15) is 4.79 Å². The Balaban J connectivity index is 1.53. The Hall–Kier alpha value is -2.43. The number of amides is 1. The molecule has 0 bridgehead atoms. The lowest BCUT2D eigenvalue weighted by atomic mass is 10.1. The van der Waals surface area contributed by atoms with Gasteiger partial charge in [0.2, 0.25) is 0 Å². The number of para-hydroxylation sites is 1. The van der Waals surface area contributed by atoms with Crippen LogP contribution in [0, 0.1) is 0 Å². The molecule has 0 spiro atoms. The minimum atomic E-state index is 0.00516. The van der Waals surface area contributed by atoms with Crippen molar-refractivity contribution >= 4 is 17.4 Å². The molecule has 2 aliphatic heterocycles. The lowest BCUT2D eigenvalue weighted by molar-refractivity contribution is 0.0718. The molecule has 0 saturated carbocycles. The smallest absolute Gasteiger partial charge is 0.274 e. The molecule has 118 valence electrons. The number of anilines is 2. The maximum absolute atomic E-state index is 12.4. The Kier molecular flexibility index (Phi) is 3.69. The summed E-state index contributed by atoms with van der Waals surface area (Å²) in [5.41, 5.74) is 2.97. The second kappa shape index (κ2) is 5.99. The van der Waals surface area contributed by atoms with E-state index in [1.54, 1.807) is 12.4 Å². The van der Waals surface area contributed by atoms with Crippen LogP contribution >= 0.6 is 0 Å². The zero-order valence-corrected chi connectivity index (χ0v) is 13.1. The number of rotatable bonds is 2. The molecular weight excluding hydrogens is 288 g/mol. The number of carbonyl (C=O) groups excluding carboxylic acids is 1. The molecule has 4 rings (SSSR count). The Morgan fingerprint density at radius 1 is 0.957 bits per heavy atom. The number of carbonyl (C=O) groups is 1. The molecule has 5 heteroatoms. The zero-order valence-electron chi connectivity index (χ0n) is 13.1. The lowest BCUT2D eigenvalue weighted by Crippen LogP contribution is -2.36. The van der Waals surface area contributed by atoms with Gasteiger partial charge < -0.3 is 9.80 Å². The van der Waals surface area contributed by atoms with Crippen LogP contribution in [-0.2, 0) is 6.42 Å². The van der Waals surface area contributed by atoms with Gasteiger partial charge in [-0.3, -0.25) is 4.79 Å². The summed E-state index contributed by atoms with van der Waals surface area (Å²) in [6, 6.07) is 8.36. The van der Waals surface area contributed by atoms with Crippen molar-refractivity contribution in [1.82, 2.24) is 14.9 Å². The van der Waals surface area contributed by atoms with Gasteiger partial charge in [0.15, 0.2) is 5.82 Å². The molecule has 0 radical (unpaired) electrons. The quantitative estimate of drug-likeness (QED) is 0.856. The van der Waals surface area contributed by atoms with Gasteiger partial charge in [-0.1, -0.05) is 18.2 Å². The van der Waals surface area contributed by atoms with Gasteiger partial charge in [-0.2, -0.15) is 0 Å². The zero-order chi connectivity index (χ0) is 15.6. The van der Waals surface area contributed by atoms with Gasteiger partial charge in [0.05, 0.1) is 12.4 Å². The fourth-order valence-corrected chi connectivity index (χ4v) is 3.41. The molecule has 1 saturated heterocycles. The third-order valence-electron chi connectivity index (χ3n) is 4.66. The second-order valence-electron chi connectivity index (χ2n) is 6.14. The van der Waals surface area contributed by atoms with Gasteiger partial charge in [-0.15, -0.1) is 0 Å². The first kappa shape index (κ1) is 14.2. The molecule has 2 aliphatic rings. The average Bonchev–Trinajstić information content (AvgIpc) is 3.06.